The Morgan fingerprint density at radius 2 is 1.03 bits per heavy atom. The van der Waals surface area contributed by atoms with E-state index in [-0.39, 0.29) is 93.5 Å². The number of nitrogens with one attached hydrogen (secondary N) is 1. The Bertz CT molecular complexity index is 944. The Morgan fingerprint density at radius 3 is 1.40 bits per heavy atom. The van der Waals surface area contributed by atoms with Crippen molar-refractivity contribution < 1.29 is 120 Å². The largest absolute Gasteiger partial charge is 1.00 e. The molecule has 1 amide bonds. The van der Waals surface area contributed by atoms with E-state index < -0.39 is 41.6 Å². The van der Waals surface area contributed by atoms with Crippen LogP contribution in [0.5, 0.6) is 0 Å². The van der Waals surface area contributed by atoms with Crippen molar-refractivity contribution in [2.75, 3.05) is 0 Å². The molecule has 0 heterocycles. The molecule has 35 heavy (non-hydrogen) atoms. The van der Waals surface area contributed by atoms with Crippen LogP contribution in [-0.4, -0.2) is 29.8 Å². The van der Waals surface area contributed by atoms with E-state index >= 15 is 0 Å². The van der Waals surface area contributed by atoms with Crippen LogP contribution in [0.2, 0.25) is 0 Å². The molecule has 0 fully saturated rings. The summed E-state index contributed by atoms with van der Waals surface area (Å²) in [6.45, 7) is 0.0352. The van der Waals surface area contributed by atoms with Gasteiger partial charge in [0.1, 0.15) is 0 Å². The average Bonchev–Trinajstić information content (AvgIpc) is 2.71. The predicted molar refractivity (Wildman–Crippen MR) is 93.8 cm³/mol. The fourth-order valence-corrected chi connectivity index (χ4v) is 3.09. The monoisotopic (exact) mass is 453 g/mol. The molecule has 0 saturated carbocycles. The standard InChI is InChI=1S/C21H19NO9.4Li/c23-17(13-4-2-1-3-5-13)22-10-11-6-8-12(9-7-11)14(15(18(24)25)19(26)27)16(20(28)29)21(30)31;;;;/h1-9,14-16H,10H2,(H,22,23)(H,24,25)(H,26,27)(H,28,29)(H,30,31);;;;/q;4*+1/p-4. The van der Waals surface area contributed by atoms with Crippen molar-refractivity contribution in [2.24, 2.45) is 11.8 Å². The molecule has 2 rings (SSSR count). The summed E-state index contributed by atoms with van der Waals surface area (Å²) in [5.74, 6) is -16.6. The minimum Gasteiger partial charge on any atom is -0.549 e. The molecule has 0 atom stereocenters. The number of hydrogen-bond acceptors (Lipinski definition) is 9. The van der Waals surface area contributed by atoms with Crippen LogP contribution in [0.15, 0.2) is 54.6 Å². The first-order valence-corrected chi connectivity index (χ1v) is 8.89. The molecule has 0 spiro atoms. The summed E-state index contributed by atoms with van der Waals surface area (Å²) in [5.41, 5.74) is 0.661. The number of carboxylic acids is 4. The molecule has 10 nitrogen and oxygen atoms in total. The van der Waals surface area contributed by atoms with E-state index in [9.17, 15) is 44.4 Å². The molecule has 0 aromatic heterocycles. The van der Waals surface area contributed by atoms with Gasteiger partial charge in [-0.05, 0) is 23.3 Å². The number of carbonyl (C=O) groups is 5. The maximum absolute atomic E-state index is 12.1. The van der Waals surface area contributed by atoms with Crippen LogP contribution in [0.3, 0.4) is 0 Å². The maximum Gasteiger partial charge on any atom is 1.00 e. The van der Waals surface area contributed by atoms with Gasteiger partial charge in [-0.15, -0.1) is 0 Å². The van der Waals surface area contributed by atoms with Gasteiger partial charge in [-0.3, -0.25) is 4.79 Å². The predicted octanol–water partition coefficient (Wildman–Crippen LogP) is -16.1. The molecule has 14 heteroatoms. The van der Waals surface area contributed by atoms with Crippen LogP contribution in [0.4, 0.5) is 0 Å². The summed E-state index contributed by atoms with van der Waals surface area (Å²) in [5, 5.41) is 47.7. The molecule has 0 saturated heterocycles. The zero-order chi connectivity index (χ0) is 23.1. The van der Waals surface area contributed by atoms with Gasteiger partial charge in [-0.25, -0.2) is 0 Å². The van der Waals surface area contributed by atoms with Gasteiger partial charge < -0.3 is 44.9 Å². The molecule has 0 aliphatic heterocycles. The minimum absolute atomic E-state index is 0. The molecule has 1 N–H and O–H groups in total. The number of carbonyl (C=O) groups excluding carboxylic acids is 5. The summed E-state index contributed by atoms with van der Waals surface area (Å²) in [6.07, 6.45) is 0. The Hall–Kier alpha value is -1.82. The second-order valence-electron chi connectivity index (χ2n) is 6.55. The van der Waals surface area contributed by atoms with Crippen LogP contribution < -0.4 is 101 Å². The number of aliphatic carboxylic acids is 4. The molecule has 2 aromatic rings. The average molecular weight is 453 g/mol. The van der Waals surface area contributed by atoms with Gasteiger partial charge >= 0.3 is 75.4 Å². The van der Waals surface area contributed by atoms with E-state index in [0.29, 0.717) is 11.1 Å². The van der Waals surface area contributed by atoms with Gasteiger partial charge in [0, 0.05) is 29.9 Å². The second kappa shape index (κ2) is 17.6. The summed E-state index contributed by atoms with van der Waals surface area (Å²) in [6, 6.07) is 13.3. The number of hydrogen-bond donors (Lipinski definition) is 1. The van der Waals surface area contributed by atoms with Crippen molar-refractivity contribution in [3.63, 3.8) is 0 Å². The van der Waals surface area contributed by atoms with Crippen molar-refractivity contribution in [2.45, 2.75) is 12.5 Å². The van der Waals surface area contributed by atoms with E-state index in [4.69, 9.17) is 0 Å². The summed E-state index contributed by atoms with van der Waals surface area (Å²) >= 11 is 0. The van der Waals surface area contributed by atoms with Crippen LogP contribution in [0.1, 0.15) is 27.4 Å². The second-order valence-corrected chi connectivity index (χ2v) is 6.55. The smallest absolute Gasteiger partial charge is 0.549 e. The molecular formula is C21H15Li4NO9. The minimum atomic E-state index is -2.59. The zero-order valence-corrected chi connectivity index (χ0v) is 19.8. The number of rotatable bonds is 10. The third-order valence-electron chi connectivity index (χ3n) is 4.59. The SMILES string of the molecule is O=C(NCc1ccc(C(C(C(=O)[O-])C(=O)[O-])C(C(=O)[O-])C(=O)[O-])cc1)c1ccccc1.[Li+].[Li+].[Li+].[Li+]. The van der Waals surface area contributed by atoms with Gasteiger partial charge in [0.25, 0.3) is 5.91 Å². The maximum atomic E-state index is 12.1. The van der Waals surface area contributed by atoms with E-state index in [1.165, 1.54) is 12.1 Å². The fraction of sp³-hybridized carbons (Fsp3) is 0.190. The van der Waals surface area contributed by atoms with E-state index in [0.717, 1.165) is 12.1 Å². The third kappa shape index (κ3) is 10.4. The fourth-order valence-electron chi connectivity index (χ4n) is 3.09. The molecule has 0 aliphatic rings. The first kappa shape index (κ1) is 37.7. The van der Waals surface area contributed by atoms with E-state index in [1.54, 1.807) is 30.3 Å². The molecule has 0 aliphatic carbocycles. The quantitative estimate of drug-likeness (QED) is 0.269. The van der Waals surface area contributed by atoms with Gasteiger partial charge in [-0.1, -0.05) is 42.5 Å². The van der Waals surface area contributed by atoms with E-state index in [2.05, 4.69) is 5.32 Å². The van der Waals surface area contributed by atoms with E-state index in [1.807, 2.05) is 0 Å². The summed E-state index contributed by atoms with van der Waals surface area (Å²) in [7, 11) is 0. The van der Waals surface area contributed by atoms with Crippen molar-refractivity contribution in [1.29, 1.82) is 0 Å². The third-order valence-corrected chi connectivity index (χ3v) is 4.59. The van der Waals surface area contributed by atoms with Crippen LogP contribution >= 0.6 is 0 Å². The van der Waals surface area contributed by atoms with Crippen molar-refractivity contribution in [3.05, 3.63) is 71.3 Å². The molecular weight excluding hydrogens is 438 g/mol. The van der Waals surface area contributed by atoms with Gasteiger partial charge in [0.2, 0.25) is 0 Å². The topological polar surface area (TPSA) is 190 Å². The molecule has 0 bridgehead atoms. The Balaban J connectivity index is -0.00000256. The number of benzene rings is 2. The van der Waals surface area contributed by atoms with Crippen molar-refractivity contribution in [3.8, 4) is 0 Å². The number of carboxylic acid groups (broad SMARTS) is 4. The molecule has 162 valence electrons. The van der Waals surface area contributed by atoms with Crippen molar-refractivity contribution >= 4 is 29.8 Å². The molecule has 0 radical (unpaired) electrons. The number of amides is 1. The summed E-state index contributed by atoms with van der Waals surface area (Å²) < 4.78 is 0. The summed E-state index contributed by atoms with van der Waals surface area (Å²) in [4.78, 5) is 57.2. The van der Waals surface area contributed by atoms with Crippen LogP contribution in [-0.2, 0) is 25.7 Å². The van der Waals surface area contributed by atoms with Crippen molar-refractivity contribution in [1.82, 2.24) is 5.32 Å². The van der Waals surface area contributed by atoms with Gasteiger partial charge in [-0.2, -0.15) is 0 Å². The first-order valence-electron chi connectivity index (χ1n) is 8.89. The van der Waals surface area contributed by atoms with Crippen LogP contribution in [0, 0.1) is 11.8 Å². The van der Waals surface area contributed by atoms with Gasteiger partial charge in [0.15, 0.2) is 0 Å². The Kier molecular flexibility index (Phi) is 19.0. The van der Waals surface area contributed by atoms with Crippen LogP contribution in [0.25, 0.3) is 0 Å². The Labute approximate surface area is 248 Å². The normalized spacial score (nSPS) is 9.57. The zero-order valence-electron chi connectivity index (χ0n) is 19.8. The molecule has 0 unspecified atom stereocenters. The first-order chi connectivity index (χ1) is 14.6. The molecule has 2 aromatic carbocycles. The van der Waals surface area contributed by atoms with Gasteiger partial charge in [0.05, 0.1) is 23.9 Å². The Morgan fingerprint density at radius 1 is 0.629 bits per heavy atom.